The van der Waals surface area contributed by atoms with Crippen LogP contribution in [0.2, 0.25) is 0 Å². The third-order valence-electron chi connectivity index (χ3n) is 5.05. The van der Waals surface area contributed by atoms with Gasteiger partial charge in [-0.2, -0.15) is 5.10 Å². The van der Waals surface area contributed by atoms with Crippen molar-refractivity contribution in [1.29, 1.82) is 0 Å². The van der Waals surface area contributed by atoms with Crippen LogP contribution in [0.15, 0.2) is 48.9 Å². The van der Waals surface area contributed by atoms with Gasteiger partial charge >= 0.3 is 0 Å². The summed E-state index contributed by atoms with van der Waals surface area (Å²) in [5.74, 6) is -0.295. The average Bonchev–Trinajstić information content (AvgIpc) is 3.48. The lowest BCUT2D eigenvalue weighted by Crippen LogP contribution is -2.38. The molecule has 0 saturated carbocycles. The highest BCUT2D eigenvalue weighted by molar-refractivity contribution is 5.94. The maximum Gasteiger partial charge on any atom is 0.273 e. The summed E-state index contributed by atoms with van der Waals surface area (Å²) >= 11 is 0. The zero-order valence-corrected chi connectivity index (χ0v) is 16.2. The summed E-state index contributed by atoms with van der Waals surface area (Å²) in [6.45, 7) is 1.64. The molecule has 2 aromatic heterocycles. The minimum atomic E-state index is -0.269. The van der Waals surface area contributed by atoms with Gasteiger partial charge in [0.1, 0.15) is 0 Å². The van der Waals surface area contributed by atoms with Crippen LogP contribution in [-0.2, 0) is 20.1 Å². The summed E-state index contributed by atoms with van der Waals surface area (Å²) in [7, 11) is 1.79. The molecule has 1 aliphatic heterocycles. The first-order valence-corrected chi connectivity index (χ1v) is 9.62. The molecule has 1 atom stereocenters. The van der Waals surface area contributed by atoms with Crippen LogP contribution >= 0.6 is 0 Å². The Bertz CT molecular complexity index is 995. The molecular weight excluding hydrogens is 370 g/mol. The third-order valence-corrected chi connectivity index (χ3v) is 5.05. The van der Waals surface area contributed by atoms with E-state index < -0.39 is 0 Å². The summed E-state index contributed by atoms with van der Waals surface area (Å²) in [6.07, 6.45) is 6.77. The number of amides is 2. The topological polar surface area (TPSA) is 97.9 Å². The van der Waals surface area contributed by atoms with Gasteiger partial charge in [0.25, 0.3) is 11.8 Å². The van der Waals surface area contributed by atoms with E-state index >= 15 is 0 Å². The Morgan fingerprint density at radius 1 is 1.21 bits per heavy atom. The molecular formula is C20H23N7O2. The molecule has 29 heavy (non-hydrogen) atoms. The molecule has 1 N–H and O–H groups in total. The largest absolute Gasteiger partial charge is 0.347 e. The molecule has 1 aromatic carbocycles. The Morgan fingerprint density at radius 3 is 2.79 bits per heavy atom. The molecule has 0 aliphatic carbocycles. The molecule has 9 nitrogen and oxygen atoms in total. The first-order valence-electron chi connectivity index (χ1n) is 9.62. The second kappa shape index (κ2) is 8.26. The molecule has 3 aromatic rings. The van der Waals surface area contributed by atoms with Crippen molar-refractivity contribution in [1.82, 2.24) is 35.0 Å². The van der Waals surface area contributed by atoms with Gasteiger partial charge in [-0.25, -0.2) is 4.68 Å². The monoisotopic (exact) mass is 393 g/mol. The van der Waals surface area contributed by atoms with Gasteiger partial charge in [0, 0.05) is 26.3 Å². The lowest BCUT2D eigenvalue weighted by molar-refractivity contribution is 0.0720. The fourth-order valence-corrected chi connectivity index (χ4v) is 3.57. The van der Waals surface area contributed by atoms with Crippen LogP contribution in [0.5, 0.6) is 0 Å². The second-order valence-corrected chi connectivity index (χ2v) is 7.19. The maximum absolute atomic E-state index is 12.8. The van der Waals surface area contributed by atoms with Crippen molar-refractivity contribution in [2.24, 2.45) is 7.05 Å². The molecule has 2 amide bonds. The van der Waals surface area contributed by atoms with E-state index in [0.29, 0.717) is 25.2 Å². The van der Waals surface area contributed by atoms with Crippen molar-refractivity contribution in [2.45, 2.75) is 32.0 Å². The van der Waals surface area contributed by atoms with E-state index in [1.54, 1.807) is 35.0 Å². The number of rotatable bonds is 6. The van der Waals surface area contributed by atoms with Gasteiger partial charge in [-0.3, -0.25) is 14.3 Å². The number of hydrogen-bond acceptors (Lipinski definition) is 5. The quantitative estimate of drug-likeness (QED) is 0.680. The van der Waals surface area contributed by atoms with E-state index in [1.165, 1.54) is 0 Å². The normalized spacial score (nSPS) is 16.2. The number of aryl methyl sites for hydroxylation is 1. The van der Waals surface area contributed by atoms with Crippen LogP contribution in [0.1, 0.15) is 39.3 Å². The Hall–Kier alpha value is -3.49. The minimum absolute atomic E-state index is 0.0182. The van der Waals surface area contributed by atoms with Crippen molar-refractivity contribution < 1.29 is 9.59 Å². The fourth-order valence-electron chi connectivity index (χ4n) is 3.57. The summed E-state index contributed by atoms with van der Waals surface area (Å²) in [4.78, 5) is 26.9. The van der Waals surface area contributed by atoms with Crippen LogP contribution in [0.3, 0.4) is 0 Å². The van der Waals surface area contributed by atoms with E-state index in [2.05, 4.69) is 20.7 Å². The van der Waals surface area contributed by atoms with E-state index in [-0.39, 0.29) is 23.6 Å². The van der Waals surface area contributed by atoms with Crippen molar-refractivity contribution >= 4 is 11.8 Å². The third kappa shape index (κ3) is 4.34. The van der Waals surface area contributed by atoms with E-state index in [9.17, 15) is 9.59 Å². The zero-order valence-electron chi connectivity index (χ0n) is 16.2. The predicted octanol–water partition coefficient (Wildman–Crippen LogP) is 1.25. The molecule has 9 heteroatoms. The molecule has 0 radical (unpaired) electrons. The minimum Gasteiger partial charge on any atom is -0.347 e. The number of aromatic nitrogens is 5. The predicted molar refractivity (Wildman–Crippen MR) is 105 cm³/mol. The standard InChI is InChI=1S/C20H23N7O2/c1-25-12-16(11-22-25)20(29)27-9-5-8-17(27)13-26-14-18(23-24-26)19(28)21-10-15-6-3-2-4-7-15/h2-4,6-7,11-12,14,17H,5,8-10,13H2,1H3,(H,21,28). The molecule has 3 heterocycles. The molecule has 0 bridgehead atoms. The SMILES string of the molecule is Cn1cc(C(=O)N2CCCC2Cn2cc(C(=O)NCc3ccccc3)nn2)cn1. The highest BCUT2D eigenvalue weighted by atomic mass is 16.2. The lowest BCUT2D eigenvalue weighted by Gasteiger charge is -2.23. The average molecular weight is 393 g/mol. The van der Waals surface area contributed by atoms with Crippen LogP contribution in [0.4, 0.5) is 0 Å². The first kappa shape index (κ1) is 18.9. The number of likely N-dealkylation sites (tertiary alicyclic amines) is 1. The smallest absolute Gasteiger partial charge is 0.273 e. The van der Waals surface area contributed by atoms with E-state index in [0.717, 1.165) is 18.4 Å². The highest BCUT2D eigenvalue weighted by Gasteiger charge is 2.30. The summed E-state index contributed by atoms with van der Waals surface area (Å²) in [5, 5.41) is 15.0. The van der Waals surface area contributed by atoms with Crippen molar-refractivity contribution in [2.75, 3.05) is 6.54 Å². The van der Waals surface area contributed by atoms with Gasteiger partial charge in [0.2, 0.25) is 0 Å². The fraction of sp³-hybridized carbons (Fsp3) is 0.350. The number of carbonyl (C=O) groups excluding carboxylic acids is 2. The maximum atomic E-state index is 12.8. The van der Waals surface area contributed by atoms with Crippen LogP contribution in [0, 0.1) is 0 Å². The van der Waals surface area contributed by atoms with Gasteiger partial charge in [-0.15, -0.1) is 5.10 Å². The van der Waals surface area contributed by atoms with Gasteiger partial charge < -0.3 is 10.2 Å². The van der Waals surface area contributed by atoms with Gasteiger partial charge in [-0.1, -0.05) is 35.5 Å². The number of nitrogens with one attached hydrogen (secondary N) is 1. The molecule has 0 spiro atoms. The van der Waals surface area contributed by atoms with Gasteiger partial charge in [0.05, 0.1) is 30.5 Å². The molecule has 4 rings (SSSR count). The summed E-state index contributed by atoms with van der Waals surface area (Å²) < 4.78 is 3.26. The van der Waals surface area contributed by atoms with E-state index in [1.807, 2.05) is 35.2 Å². The number of nitrogens with zero attached hydrogens (tertiary/aromatic N) is 6. The van der Waals surface area contributed by atoms with Gasteiger partial charge in [-0.05, 0) is 18.4 Å². The molecule has 1 aliphatic rings. The van der Waals surface area contributed by atoms with Crippen molar-refractivity contribution in [3.05, 3.63) is 65.7 Å². The molecule has 1 saturated heterocycles. The lowest BCUT2D eigenvalue weighted by atomic mass is 10.2. The number of benzene rings is 1. The highest BCUT2D eigenvalue weighted by Crippen LogP contribution is 2.21. The summed E-state index contributed by atoms with van der Waals surface area (Å²) in [6, 6.07) is 9.71. The van der Waals surface area contributed by atoms with Crippen LogP contribution in [-0.4, -0.2) is 54.1 Å². The van der Waals surface area contributed by atoms with Gasteiger partial charge in [0.15, 0.2) is 5.69 Å². The van der Waals surface area contributed by atoms with Crippen LogP contribution < -0.4 is 5.32 Å². The Balaban J connectivity index is 1.36. The van der Waals surface area contributed by atoms with Crippen molar-refractivity contribution in [3.8, 4) is 0 Å². The Labute approximate surface area is 168 Å². The zero-order chi connectivity index (χ0) is 20.2. The van der Waals surface area contributed by atoms with E-state index in [4.69, 9.17) is 0 Å². The molecule has 150 valence electrons. The van der Waals surface area contributed by atoms with Crippen LogP contribution in [0.25, 0.3) is 0 Å². The molecule has 1 fully saturated rings. The second-order valence-electron chi connectivity index (χ2n) is 7.19. The Morgan fingerprint density at radius 2 is 2.03 bits per heavy atom. The molecule has 1 unspecified atom stereocenters. The first-order chi connectivity index (χ1) is 14.1. The number of hydrogen-bond donors (Lipinski definition) is 1. The van der Waals surface area contributed by atoms with Crippen molar-refractivity contribution in [3.63, 3.8) is 0 Å². The Kier molecular flexibility index (Phi) is 5.37. The summed E-state index contributed by atoms with van der Waals surface area (Å²) in [5.41, 5.74) is 1.87. The number of carbonyl (C=O) groups is 2.